The molecule has 290 valence electrons. The van der Waals surface area contributed by atoms with Crippen molar-refractivity contribution in [3.05, 3.63) is 120 Å². The summed E-state index contributed by atoms with van der Waals surface area (Å²) >= 11 is 0. The average Bonchev–Trinajstić information content (AvgIpc) is 3.54. The molecule has 4 aromatic rings. The first kappa shape index (κ1) is 37.7. The van der Waals surface area contributed by atoms with Crippen molar-refractivity contribution in [2.45, 2.75) is 104 Å². The Bertz CT molecular complexity index is 1920. The molecule has 0 aromatic heterocycles. The Morgan fingerprint density at radius 3 is 1.65 bits per heavy atom. The van der Waals surface area contributed by atoms with Crippen LogP contribution in [0.15, 0.2) is 109 Å². The van der Waals surface area contributed by atoms with Crippen molar-refractivity contribution in [3.63, 3.8) is 0 Å². The molecule has 0 aliphatic heterocycles. The Morgan fingerprint density at radius 2 is 1.09 bits per heavy atom. The van der Waals surface area contributed by atoms with Gasteiger partial charge in [-0.05, 0) is 187 Å². The Kier molecular flexibility index (Phi) is 10.6. The summed E-state index contributed by atoms with van der Waals surface area (Å²) in [6.45, 7) is 12.7. The molecule has 8 rings (SSSR count). The first-order valence-electron chi connectivity index (χ1n) is 21.5. The van der Waals surface area contributed by atoms with Gasteiger partial charge in [-0.3, -0.25) is 0 Å². The van der Waals surface area contributed by atoms with Crippen LogP contribution in [0.3, 0.4) is 0 Å². The lowest BCUT2D eigenvalue weighted by atomic mass is 9.43. The van der Waals surface area contributed by atoms with Gasteiger partial charge in [-0.1, -0.05) is 90.3 Å². The summed E-state index contributed by atoms with van der Waals surface area (Å²) in [6.07, 6.45) is 17.7. The first-order valence-corrected chi connectivity index (χ1v) is 21.5. The van der Waals surface area contributed by atoms with Crippen LogP contribution in [0.4, 0.5) is 11.4 Å². The number of fused-ring (bicyclic) bond motifs is 5. The lowest BCUT2D eigenvalue weighted by Gasteiger charge is -2.61. The van der Waals surface area contributed by atoms with E-state index in [0.717, 1.165) is 64.0 Å². The van der Waals surface area contributed by atoms with Crippen LogP contribution >= 0.6 is 0 Å². The van der Waals surface area contributed by atoms with Crippen molar-refractivity contribution in [2.24, 2.45) is 52.3 Å². The normalized spacial score (nSPS) is 31.6. The third-order valence-corrected chi connectivity index (χ3v) is 15.3. The van der Waals surface area contributed by atoms with E-state index < -0.39 is 0 Å². The third kappa shape index (κ3) is 7.43. The second-order valence-corrected chi connectivity index (χ2v) is 18.9. The molecule has 55 heavy (non-hydrogen) atoms. The van der Waals surface area contributed by atoms with E-state index in [1.165, 1.54) is 68.9 Å². The van der Waals surface area contributed by atoms with Crippen LogP contribution < -0.4 is 20.9 Å². The topological polar surface area (TPSA) is 70.5 Å². The summed E-state index contributed by atoms with van der Waals surface area (Å²) < 4.78 is 12.5. The van der Waals surface area contributed by atoms with E-state index in [1.54, 1.807) is 0 Å². The molecule has 4 aromatic carbocycles. The Labute approximate surface area is 331 Å². The summed E-state index contributed by atoms with van der Waals surface area (Å²) in [5.41, 5.74) is 16.9. The number of hydrogen-bond donors (Lipinski definition) is 2. The first-order chi connectivity index (χ1) is 26.5. The molecule has 0 saturated heterocycles. The number of ether oxygens (including phenoxy) is 2. The summed E-state index contributed by atoms with van der Waals surface area (Å²) in [4.78, 5) is 0. The highest BCUT2D eigenvalue weighted by Gasteiger charge is 2.61. The van der Waals surface area contributed by atoms with Crippen LogP contribution in [0.2, 0.25) is 0 Å². The van der Waals surface area contributed by atoms with E-state index in [9.17, 15) is 0 Å². The molecular formula is C51H64N2O2. The monoisotopic (exact) mass is 736 g/mol. The van der Waals surface area contributed by atoms with E-state index in [4.69, 9.17) is 20.9 Å². The zero-order chi connectivity index (χ0) is 38.3. The SMILES string of the molecule is CC(C)CCCC(C)C1CCC2C3C=CC4C(c5ccc(Oc6ccc(N)cc6)cc5)C(c5ccc(Oc6ccc(N)cc6)cc5)CCC4(C)C3CCC12C. The lowest BCUT2D eigenvalue weighted by molar-refractivity contribution is -0.0723. The fourth-order valence-electron chi connectivity index (χ4n) is 12.4. The van der Waals surface area contributed by atoms with Crippen molar-refractivity contribution in [2.75, 3.05) is 11.5 Å². The second kappa shape index (κ2) is 15.4. The molecule has 10 unspecified atom stereocenters. The van der Waals surface area contributed by atoms with Gasteiger partial charge in [0, 0.05) is 11.4 Å². The highest BCUT2D eigenvalue weighted by atomic mass is 16.5. The zero-order valence-electron chi connectivity index (χ0n) is 33.9. The summed E-state index contributed by atoms with van der Waals surface area (Å²) in [7, 11) is 0. The van der Waals surface area contributed by atoms with Gasteiger partial charge in [0.15, 0.2) is 0 Å². The Morgan fingerprint density at radius 1 is 0.582 bits per heavy atom. The number of benzene rings is 4. The highest BCUT2D eigenvalue weighted by molar-refractivity contribution is 5.45. The van der Waals surface area contributed by atoms with E-state index in [-0.39, 0.29) is 5.41 Å². The number of hydrogen-bond acceptors (Lipinski definition) is 4. The third-order valence-electron chi connectivity index (χ3n) is 15.3. The molecule has 3 fully saturated rings. The quantitative estimate of drug-likeness (QED) is 0.119. The van der Waals surface area contributed by atoms with Gasteiger partial charge in [0.05, 0.1) is 0 Å². The minimum atomic E-state index is 0.264. The maximum Gasteiger partial charge on any atom is 0.127 e. The van der Waals surface area contributed by atoms with Gasteiger partial charge in [-0.2, -0.15) is 0 Å². The van der Waals surface area contributed by atoms with Crippen LogP contribution in [-0.2, 0) is 0 Å². The predicted octanol–water partition coefficient (Wildman–Crippen LogP) is 13.8. The predicted molar refractivity (Wildman–Crippen MR) is 229 cm³/mol. The summed E-state index contributed by atoms with van der Waals surface area (Å²) in [5, 5.41) is 0. The van der Waals surface area contributed by atoms with Crippen LogP contribution in [-0.4, -0.2) is 0 Å². The lowest BCUT2D eigenvalue weighted by Crippen LogP contribution is -2.53. The second-order valence-electron chi connectivity index (χ2n) is 18.9. The van der Waals surface area contributed by atoms with E-state index in [1.807, 2.05) is 48.5 Å². The molecule has 4 N–H and O–H groups in total. The van der Waals surface area contributed by atoms with Gasteiger partial charge in [0.25, 0.3) is 0 Å². The fraction of sp³-hybridized carbons (Fsp3) is 0.490. The molecular weight excluding hydrogens is 673 g/mol. The molecule has 3 saturated carbocycles. The summed E-state index contributed by atoms with van der Waals surface area (Å²) in [5.74, 6) is 9.32. The van der Waals surface area contributed by atoms with Crippen molar-refractivity contribution in [1.82, 2.24) is 0 Å². The largest absolute Gasteiger partial charge is 0.457 e. The molecule has 0 radical (unpaired) electrons. The fourth-order valence-corrected chi connectivity index (χ4v) is 12.4. The van der Waals surface area contributed by atoms with Crippen LogP contribution in [0.1, 0.15) is 115 Å². The number of allylic oxidation sites excluding steroid dienone is 2. The molecule has 4 nitrogen and oxygen atoms in total. The highest BCUT2D eigenvalue weighted by Crippen LogP contribution is 2.69. The molecule has 4 heteroatoms. The zero-order valence-corrected chi connectivity index (χ0v) is 33.9. The smallest absolute Gasteiger partial charge is 0.127 e. The van der Waals surface area contributed by atoms with Gasteiger partial charge in [-0.15, -0.1) is 0 Å². The van der Waals surface area contributed by atoms with Gasteiger partial charge in [-0.25, -0.2) is 0 Å². The standard InChI is InChI=1S/C51H64N2O2/c1-33(2)7-6-8-34(3)45-27-28-46-44-25-26-48-49(36-11-19-40(20-12-36)55-42-23-15-38(53)16-24-42)43(29-31-51(48,5)47(44)30-32-50(45,46)4)35-9-17-39(18-10-35)54-41-21-13-37(52)14-22-41/h9-26,33-34,43-49H,6-8,27-32,52-53H2,1-5H3. The maximum absolute atomic E-state index is 6.27. The van der Waals surface area contributed by atoms with E-state index >= 15 is 0 Å². The average molecular weight is 737 g/mol. The molecule has 4 aliphatic rings. The van der Waals surface area contributed by atoms with Crippen LogP contribution in [0.25, 0.3) is 0 Å². The number of nitrogen functional groups attached to an aromatic ring is 2. The van der Waals surface area contributed by atoms with Gasteiger partial charge >= 0.3 is 0 Å². The molecule has 4 aliphatic carbocycles. The Balaban J connectivity index is 1.08. The van der Waals surface area contributed by atoms with Crippen LogP contribution in [0.5, 0.6) is 23.0 Å². The van der Waals surface area contributed by atoms with Gasteiger partial charge in [0.2, 0.25) is 0 Å². The van der Waals surface area contributed by atoms with Gasteiger partial charge in [0.1, 0.15) is 23.0 Å². The van der Waals surface area contributed by atoms with Crippen molar-refractivity contribution in [3.8, 4) is 23.0 Å². The number of anilines is 2. The van der Waals surface area contributed by atoms with Crippen molar-refractivity contribution >= 4 is 11.4 Å². The molecule has 0 amide bonds. The minimum Gasteiger partial charge on any atom is -0.457 e. The van der Waals surface area contributed by atoms with Gasteiger partial charge < -0.3 is 20.9 Å². The molecule has 0 spiro atoms. The van der Waals surface area contributed by atoms with E-state index in [0.29, 0.717) is 29.1 Å². The maximum atomic E-state index is 6.27. The summed E-state index contributed by atoms with van der Waals surface area (Å²) in [6, 6.07) is 33.2. The molecule has 10 atom stereocenters. The van der Waals surface area contributed by atoms with E-state index in [2.05, 4.69) is 95.3 Å². The molecule has 0 heterocycles. The Hall–Kier alpha value is -4.18. The minimum absolute atomic E-state index is 0.264. The number of rotatable bonds is 11. The number of nitrogens with two attached hydrogens (primary N) is 2. The van der Waals surface area contributed by atoms with Crippen molar-refractivity contribution < 1.29 is 9.47 Å². The van der Waals surface area contributed by atoms with Crippen LogP contribution in [0, 0.1) is 52.3 Å². The van der Waals surface area contributed by atoms with Crippen molar-refractivity contribution in [1.29, 1.82) is 0 Å². The molecule has 0 bridgehead atoms.